The zero-order chi connectivity index (χ0) is 73.5. The Kier molecular flexibility index (Phi) is 29.5. The minimum absolute atomic E-state index is 0.0635. The molecule has 10 aromatic rings. The van der Waals surface area contributed by atoms with E-state index in [1.807, 2.05) is 243 Å². The molecule has 2 aliphatic rings. The van der Waals surface area contributed by atoms with Gasteiger partial charge in [0, 0.05) is 12.1 Å². The smallest absolute Gasteiger partial charge is 0.342 e. The van der Waals surface area contributed by atoms with Crippen LogP contribution in [0.2, 0.25) is 0 Å². The third kappa shape index (κ3) is 23.0. The minimum atomic E-state index is -1.45. The number of esters is 2. The van der Waals surface area contributed by atoms with Crippen LogP contribution in [0.15, 0.2) is 279 Å². The Labute approximate surface area is 627 Å². The van der Waals surface area contributed by atoms with Gasteiger partial charge in [0.05, 0.1) is 52.9 Å². The summed E-state index contributed by atoms with van der Waals surface area (Å²) in [5, 5.41) is 0. The van der Waals surface area contributed by atoms with Crippen LogP contribution in [0.5, 0.6) is 23.0 Å². The molecule has 0 unspecified atom stereocenters. The first-order valence-corrected chi connectivity index (χ1v) is 36.9. The monoisotopic (exact) mass is 1450 g/mol. The minimum Gasteiger partial charge on any atom is -0.493 e. The number of benzene rings is 10. The predicted octanol–water partition coefficient (Wildman–Crippen LogP) is 17.2. The Morgan fingerprint density at radius 3 is 0.841 bits per heavy atom. The van der Waals surface area contributed by atoms with Crippen molar-refractivity contribution < 1.29 is 80.6 Å². The second-order valence-corrected chi connectivity index (χ2v) is 26.3. The molecular formula is C90H94O17. The van der Waals surface area contributed by atoms with E-state index in [2.05, 4.69) is 13.8 Å². The number of ether oxygens (including phenoxy) is 15. The number of carbonyl (C=O) groups is 2. The molecule has 0 amide bonds. The highest BCUT2D eigenvalue weighted by atomic mass is 16.8. The van der Waals surface area contributed by atoms with E-state index in [9.17, 15) is 0 Å². The van der Waals surface area contributed by atoms with E-state index in [0.717, 1.165) is 70.2 Å². The van der Waals surface area contributed by atoms with Crippen LogP contribution < -0.4 is 18.9 Å². The molecule has 2 fully saturated rings. The zero-order valence-electron chi connectivity index (χ0n) is 60.6. The highest BCUT2D eigenvalue weighted by Crippen LogP contribution is 2.39. The number of hydrogen-bond donors (Lipinski definition) is 0. The van der Waals surface area contributed by atoms with Crippen LogP contribution in [0, 0.1) is 0 Å². The summed E-state index contributed by atoms with van der Waals surface area (Å²) >= 11 is 0. The Bertz CT molecular complexity index is 3930. The van der Waals surface area contributed by atoms with Crippen LogP contribution in [0.25, 0.3) is 0 Å². The molecule has 0 bridgehead atoms. The molecule has 12 rings (SSSR count). The summed E-state index contributed by atoms with van der Waals surface area (Å²) in [6.45, 7) is 5.22. The molecule has 0 spiro atoms. The van der Waals surface area contributed by atoms with Gasteiger partial charge >= 0.3 is 11.9 Å². The van der Waals surface area contributed by atoms with E-state index in [1.54, 1.807) is 36.4 Å². The molecular weight excluding hydrogens is 1350 g/mol. The lowest BCUT2D eigenvalue weighted by atomic mass is 9.96. The first kappa shape index (κ1) is 76.6. The lowest BCUT2D eigenvalue weighted by Gasteiger charge is -2.49. The van der Waals surface area contributed by atoms with Gasteiger partial charge in [-0.25, -0.2) is 9.59 Å². The van der Waals surface area contributed by atoms with E-state index in [4.69, 9.17) is 71.1 Å². The van der Waals surface area contributed by atoms with Crippen molar-refractivity contribution in [1.29, 1.82) is 0 Å². The quantitative estimate of drug-likeness (QED) is 0.0262. The van der Waals surface area contributed by atoms with Crippen molar-refractivity contribution >= 4 is 11.9 Å². The number of hydrogen-bond acceptors (Lipinski definition) is 17. The third-order valence-electron chi connectivity index (χ3n) is 18.3. The average molecular weight is 1450 g/mol. The SMILES string of the molecule is CCCCOc1ccc(C(=O)OC[C@H]2O[C@H](O[C@H]3O[C@H](COC(=O)c4ccc(OCCCC)cc4OCc4ccccc4)[C@@H](OCc4ccccc4)[C@H](OCc4ccccc4)[C@H]3OCc3ccccc3)[C@H](OCc3ccccc3)[C@@H](OCc3ccccc3)[C@@H]2OCc2ccccc2)c(OCc2ccccc2)c1. The van der Waals surface area contributed by atoms with Gasteiger partial charge in [0.15, 0.2) is 12.6 Å². The highest BCUT2D eigenvalue weighted by Gasteiger charge is 2.55. The molecule has 556 valence electrons. The molecule has 17 nitrogen and oxygen atoms in total. The summed E-state index contributed by atoms with van der Waals surface area (Å²) in [6, 6.07) is 88.2. The predicted molar refractivity (Wildman–Crippen MR) is 404 cm³/mol. The van der Waals surface area contributed by atoms with Crippen molar-refractivity contribution in [1.82, 2.24) is 0 Å². The Morgan fingerprint density at radius 2 is 0.561 bits per heavy atom. The molecule has 2 heterocycles. The van der Waals surface area contributed by atoms with E-state index in [0.29, 0.717) is 24.7 Å². The zero-order valence-corrected chi connectivity index (χ0v) is 60.6. The Hall–Kier alpha value is -10.0. The second kappa shape index (κ2) is 41.2. The highest BCUT2D eigenvalue weighted by molar-refractivity contribution is 5.93. The lowest BCUT2D eigenvalue weighted by molar-refractivity contribution is -0.393. The normalized spacial score (nSPS) is 19.8. The fraction of sp³-hybridized carbons (Fsp3) is 0.311. The molecule has 10 aromatic carbocycles. The van der Waals surface area contributed by atoms with Gasteiger partial charge < -0.3 is 71.1 Å². The van der Waals surface area contributed by atoms with Crippen molar-refractivity contribution in [2.75, 3.05) is 26.4 Å². The summed E-state index contributed by atoms with van der Waals surface area (Å²) < 4.78 is 104. The molecule has 10 atom stereocenters. The maximum absolute atomic E-state index is 15.1. The van der Waals surface area contributed by atoms with Crippen molar-refractivity contribution in [2.24, 2.45) is 0 Å². The van der Waals surface area contributed by atoms with Gasteiger partial charge in [0.25, 0.3) is 0 Å². The van der Waals surface area contributed by atoms with Crippen LogP contribution in [0.1, 0.15) is 105 Å². The molecule has 0 saturated carbocycles. The van der Waals surface area contributed by atoms with E-state index in [-0.39, 0.29) is 88.7 Å². The molecule has 0 aliphatic carbocycles. The lowest BCUT2D eigenvalue weighted by Crippen LogP contribution is -2.66. The number of carbonyl (C=O) groups excluding carboxylic acids is 2. The Morgan fingerprint density at radius 1 is 0.299 bits per heavy atom. The summed E-state index contributed by atoms with van der Waals surface area (Å²) in [6.07, 6.45) is -8.01. The van der Waals surface area contributed by atoms with E-state index >= 15 is 9.59 Å². The Balaban J connectivity index is 0.947. The fourth-order valence-corrected chi connectivity index (χ4v) is 12.5. The molecule has 0 N–H and O–H groups in total. The van der Waals surface area contributed by atoms with Crippen LogP contribution in [0.3, 0.4) is 0 Å². The number of rotatable bonds is 40. The van der Waals surface area contributed by atoms with Crippen LogP contribution in [-0.2, 0) is 105 Å². The van der Waals surface area contributed by atoms with Crippen LogP contribution in [-0.4, -0.2) is 99.8 Å². The van der Waals surface area contributed by atoms with Gasteiger partial charge in [-0.05, 0) is 81.6 Å². The maximum Gasteiger partial charge on any atom is 0.342 e. The third-order valence-corrected chi connectivity index (χ3v) is 18.3. The van der Waals surface area contributed by atoms with Gasteiger partial charge in [0.1, 0.15) is 109 Å². The first-order chi connectivity index (χ1) is 52.8. The molecule has 107 heavy (non-hydrogen) atoms. The fourth-order valence-electron chi connectivity index (χ4n) is 12.5. The van der Waals surface area contributed by atoms with E-state index in [1.165, 1.54) is 0 Å². The molecule has 2 aliphatic heterocycles. The average Bonchev–Trinajstić information content (AvgIpc) is 0.768. The van der Waals surface area contributed by atoms with Gasteiger partial charge in [-0.2, -0.15) is 0 Å². The summed E-state index contributed by atoms with van der Waals surface area (Å²) in [4.78, 5) is 30.1. The molecule has 17 heteroatoms. The van der Waals surface area contributed by atoms with Crippen LogP contribution in [0.4, 0.5) is 0 Å². The molecule has 2 saturated heterocycles. The van der Waals surface area contributed by atoms with E-state index < -0.39 is 73.4 Å². The number of unbranched alkanes of at least 4 members (excludes halogenated alkanes) is 2. The van der Waals surface area contributed by atoms with Crippen molar-refractivity contribution in [2.45, 2.75) is 154 Å². The largest absolute Gasteiger partial charge is 0.493 e. The first-order valence-electron chi connectivity index (χ1n) is 36.9. The van der Waals surface area contributed by atoms with Gasteiger partial charge in [-0.3, -0.25) is 0 Å². The van der Waals surface area contributed by atoms with Crippen molar-refractivity contribution in [3.8, 4) is 23.0 Å². The van der Waals surface area contributed by atoms with Crippen molar-refractivity contribution in [3.63, 3.8) is 0 Å². The summed E-state index contributed by atoms with van der Waals surface area (Å²) in [7, 11) is 0. The van der Waals surface area contributed by atoms with Crippen LogP contribution >= 0.6 is 0 Å². The molecule has 0 aromatic heterocycles. The van der Waals surface area contributed by atoms with Gasteiger partial charge in [0.2, 0.25) is 0 Å². The van der Waals surface area contributed by atoms with Gasteiger partial charge in [-0.1, -0.05) is 269 Å². The molecule has 0 radical (unpaired) electrons. The summed E-state index contributed by atoms with van der Waals surface area (Å²) in [5.74, 6) is 0.211. The second-order valence-electron chi connectivity index (χ2n) is 26.3. The van der Waals surface area contributed by atoms with Gasteiger partial charge in [-0.15, -0.1) is 0 Å². The maximum atomic E-state index is 15.1. The van der Waals surface area contributed by atoms with Crippen molar-refractivity contribution in [3.05, 3.63) is 335 Å². The summed E-state index contributed by atoms with van der Waals surface area (Å²) in [5.41, 5.74) is 7.25. The topological polar surface area (TPSA) is 173 Å². The standard InChI is InChI=1S/C90H94O17/c1-3-5-51-93-73-47-49-75(77(53-73)95-55-65-31-15-7-16-32-65)87(91)103-63-79-81(97-57-67-35-19-9-20-36-67)83(99-59-69-39-23-11-24-40-69)85(101-61-71-43-27-13-28-44-71)89(105-79)107-90-86(102-62-72-45-29-14-30-46-72)84(100-60-70-41-25-12-26-42-70)82(98-58-68-37-21-10-22-38-68)80(106-90)64-104-88(92)76-50-48-74(94-52-6-4-2)54-78(76)96-56-66-33-17-8-18-34-66/h7-50,53-54,79-86,89-90H,3-6,51-52,55-64H2,1-2H3/t79-,80-,81-,82-,83+,84+,85-,86-,89-,90-/m1/s1.